The van der Waals surface area contributed by atoms with Crippen LogP contribution in [-0.4, -0.2) is 87.8 Å². The van der Waals surface area contributed by atoms with Gasteiger partial charge >= 0.3 is 33.1 Å². The zero-order chi connectivity index (χ0) is 59.4. The van der Waals surface area contributed by atoms with E-state index in [0.29, 0.717) is 18.3 Å². The largest absolute Gasteiger partial charge is 0.741 e. The lowest BCUT2D eigenvalue weighted by atomic mass is 10.2. The molecule has 3 aromatic heterocycles. The minimum absolute atomic E-state index is 0.0447. The van der Waals surface area contributed by atoms with Crippen LogP contribution in [0, 0.1) is 54.3 Å². The molecular formula is C38H40F9IN12O14S2. The smallest absolute Gasteiger partial charge is 0.523 e. The van der Waals surface area contributed by atoms with Gasteiger partial charge in [-0.25, -0.2) is 27.5 Å². The van der Waals surface area contributed by atoms with E-state index in [4.69, 9.17) is 24.4 Å². The van der Waals surface area contributed by atoms with Crippen molar-refractivity contribution in [3.63, 3.8) is 0 Å². The number of non-ortho nitro benzene ring substituents is 4. The van der Waals surface area contributed by atoms with Gasteiger partial charge < -0.3 is 25.2 Å². The first-order valence-corrected chi connectivity index (χ1v) is 24.5. The van der Waals surface area contributed by atoms with Gasteiger partial charge in [0.05, 0.1) is 80.4 Å². The summed E-state index contributed by atoms with van der Waals surface area (Å²) < 4.78 is 159. The maximum Gasteiger partial charge on any atom is 0.523 e. The molecule has 0 amide bonds. The highest BCUT2D eigenvalue weighted by molar-refractivity contribution is 14.1. The number of hydrogen-bond acceptors (Lipinski definition) is 18. The first-order chi connectivity index (χ1) is 34.6. The molecule has 7 rings (SSSR count). The molecule has 0 atom stereocenters. The van der Waals surface area contributed by atoms with Gasteiger partial charge in [0.25, 0.3) is 22.7 Å². The van der Waals surface area contributed by atoms with Gasteiger partial charge in [0.1, 0.15) is 11.6 Å². The number of aromatic nitrogens is 6. The summed E-state index contributed by atoms with van der Waals surface area (Å²) in [5.41, 5.74) is 3.81. The van der Waals surface area contributed by atoms with Gasteiger partial charge in [0.15, 0.2) is 21.2 Å². The predicted octanol–water partition coefficient (Wildman–Crippen LogP) is 7.85. The number of nitrogen functional groups attached to an aromatic ring is 2. The predicted molar refractivity (Wildman–Crippen MR) is 260 cm³/mol. The maximum atomic E-state index is 12.8. The van der Waals surface area contributed by atoms with Gasteiger partial charge in [-0.1, -0.05) is 22.6 Å². The van der Waals surface area contributed by atoms with Crippen LogP contribution in [0.2, 0.25) is 0 Å². The number of nitrogens with two attached hydrogens (primary N) is 2. The highest BCUT2D eigenvalue weighted by atomic mass is 127. The van der Waals surface area contributed by atoms with Crippen LogP contribution < -0.4 is 16.0 Å². The molecule has 0 fully saturated rings. The summed E-state index contributed by atoms with van der Waals surface area (Å²) in [5.74, 6) is 0.832. The van der Waals surface area contributed by atoms with Crippen LogP contribution in [0.1, 0.15) is 17.5 Å². The van der Waals surface area contributed by atoms with Gasteiger partial charge in [-0.05, 0) is 43.0 Å². The molecular weight excluding hydrogens is 1210 g/mol. The van der Waals surface area contributed by atoms with Crippen LogP contribution in [0.25, 0.3) is 33.1 Å². The zero-order valence-corrected chi connectivity index (χ0v) is 43.7. The molecule has 0 aliphatic heterocycles. The molecule has 0 spiro atoms. The van der Waals surface area contributed by atoms with E-state index in [1.54, 1.807) is 12.1 Å². The summed E-state index contributed by atoms with van der Waals surface area (Å²) in [4.78, 5) is 50.3. The Balaban J connectivity index is 0.000000462. The number of nitro benzene ring substituents is 4. The molecule has 0 aliphatic carbocycles. The Kier molecular flexibility index (Phi) is 22.9. The third-order valence-electron chi connectivity index (χ3n) is 9.45. The summed E-state index contributed by atoms with van der Waals surface area (Å²) in [5, 5.41) is 41.8. The first kappa shape index (κ1) is 66.4. The second-order valence-corrected chi connectivity index (χ2v) is 17.3. The number of nitro groups is 4. The average molecular weight is 1250 g/mol. The normalized spacial score (nSPS) is 11.4. The van der Waals surface area contributed by atoms with Gasteiger partial charge in [0, 0.05) is 56.6 Å². The van der Waals surface area contributed by atoms with E-state index in [2.05, 4.69) is 36.7 Å². The van der Waals surface area contributed by atoms with E-state index in [1.807, 2.05) is 42.0 Å². The van der Waals surface area contributed by atoms with E-state index in [0.717, 1.165) is 43.4 Å². The molecule has 0 bridgehead atoms. The SMILES string of the molecule is CI.COS(=O)(=O)C(F)(F)F.Cc1nc2cc([N+](=O)[O-])ccc2n1C.Cc1nc2ccc([N+](=O)[O-])cc2n1C.Cn1c(C(F)(F)F)[n+](C)c2ccc([N+](=O)[O-])cc21.Nc1ccc([N+](=O)[O-])cc1N.O=S(=O)([O-])C(F)(F)F. The lowest BCUT2D eigenvalue weighted by Gasteiger charge is -2.08. The van der Waals surface area contributed by atoms with Crippen LogP contribution >= 0.6 is 22.6 Å². The molecule has 38 heteroatoms. The molecule has 4 aromatic carbocycles. The molecule has 26 nitrogen and oxygen atoms in total. The third kappa shape index (κ3) is 17.5. The van der Waals surface area contributed by atoms with Gasteiger partial charge in [-0.15, -0.1) is 0 Å². The number of nitrogens with zero attached hydrogens (tertiary/aromatic N) is 10. The van der Waals surface area contributed by atoms with Gasteiger partial charge in [-0.2, -0.15) is 47.9 Å². The Morgan fingerprint density at radius 1 is 0.579 bits per heavy atom. The van der Waals surface area contributed by atoms with E-state index < -0.39 is 62.9 Å². The quantitative estimate of drug-likeness (QED) is 0.0158. The summed E-state index contributed by atoms with van der Waals surface area (Å²) in [7, 11) is -4.75. The van der Waals surface area contributed by atoms with E-state index >= 15 is 0 Å². The monoisotopic (exact) mass is 1250 g/mol. The van der Waals surface area contributed by atoms with Crippen molar-refractivity contribution in [2.75, 3.05) is 23.5 Å². The Morgan fingerprint density at radius 2 is 0.961 bits per heavy atom. The van der Waals surface area contributed by atoms with Crippen molar-refractivity contribution in [3.8, 4) is 0 Å². The number of alkyl halides is 10. The fourth-order valence-electron chi connectivity index (χ4n) is 5.62. The molecule has 418 valence electrons. The number of halogens is 10. The topological polar surface area (TPSA) is 370 Å². The Hall–Kier alpha value is -7.59. The number of benzene rings is 4. The Morgan fingerprint density at radius 3 is 1.36 bits per heavy atom. The minimum Gasteiger partial charge on any atom is -0.741 e. The summed E-state index contributed by atoms with van der Waals surface area (Å²) in [6, 6.07) is 16.9. The van der Waals surface area contributed by atoms with Crippen LogP contribution in [-0.2, 0) is 58.8 Å². The molecule has 0 aliphatic rings. The molecule has 4 N–H and O–H groups in total. The number of anilines is 2. The van der Waals surface area contributed by atoms with Crippen molar-refractivity contribution >= 4 is 110 Å². The Labute approximate surface area is 434 Å². The molecule has 3 heterocycles. The standard InChI is InChI=1S/C10H9F3N3O2.2C9H9N3O2.C6H7N3O2.C2H3F3O3S.CHF3O3S.CH3I/c1-14-7-4-3-6(16(17)18)5-8(7)15(2)9(14)10(11,12)13;1-6-10-8-5-7(12(13)14)3-4-9(8)11(6)2;1-6-10-8-4-3-7(12(13)14)5-9(8)11(6)2;7-5-2-1-4(9(10)11)3-6(5)8;1-8-9(6,7)2(3,4)5;2-1(3,4)8(5,6)7;1-2/h3-5H,1-2H3;2*3-5H,1-2H3;1-3H,7-8H2;1H3;(H,5,6,7);1H3/q+1;;;;;;/p-1. The fraction of sp³-hybridized carbons (Fsp3) is 0.289. The molecule has 7 aromatic rings. The minimum atomic E-state index is -6.09. The number of aryl methyl sites for hydroxylation is 6. The van der Waals surface area contributed by atoms with Gasteiger partial charge in [0.2, 0.25) is 0 Å². The van der Waals surface area contributed by atoms with Gasteiger partial charge in [-0.3, -0.25) is 44.6 Å². The summed E-state index contributed by atoms with van der Waals surface area (Å²) >= 11 is 2.15. The van der Waals surface area contributed by atoms with Crippen molar-refractivity contribution in [3.05, 3.63) is 131 Å². The maximum absolute atomic E-state index is 12.8. The lowest BCUT2D eigenvalue weighted by molar-refractivity contribution is -0.667. The number of hydrogen-bond donors (Lipinski definition) is 2. The van der Waals surface area contributed by atoms with E-state index in [9.17, 15) is 88.4 Å². The lowest BCUT2D eigenvalue weighted by Crippen LogP contribution is -2.37. The Bertz CT molecular complexity index is 3480. The van der Waals surface area contributed by atoms with E-state index in [-0.39, 0.29) is 39.5 Å². The molecule has 0 saturated carbocycles. The van der Waals surface area contributed by atoms with Crippen LogP contribution in [0.5, 0.6) is 0 Å². The highest BCUT2D eigenvalue weighted by Crippen LogP contribution is 2.31. The molecule has 0 radical (unpaired) electrons. The summed E-state index contributed by atoms with van der Waals surface area (Å²) in [6.07, 6.45) is -4.52. The fourth-order valence-corrected chi connectivity index (χ4v) is 5.80. The molecule has 0 saturated heterocycles. The first-order valence-electron chi connectivity index (χ1n) is 19.5. The van der Waals surface area contributed by atoms with Crippen molar-refractivity contribution < 1.29 is 89.3 Å². The number of fused-ring (bicyclic) bond motifs is 3. The molecule has 76 heavy (non-hydrogen) atoms. The van der Waals surface area contributed by atoms with Crippen molar-refractivity contribution in [1.82, 2.24) is 23.7 Å². The van der Waals surface area contributed by atoms with Crippen LogP contribution in [0.15, 0.2) is 72.8 Å². The van der Waals surface area contributed by atoms with Crippen LogP contribution in [0.4, 0.5) is 73.6 Å². The highest BCUT2D eigenvalue weighted by Gasteiger charge is 2.47. The van der Waals surface area contributed by atoms with Crippen molar-refractivity contribution in [2.24, 2.45) is 28.2 Å². The van der Waals surface area contributed by atoms with E-state index in [1.165, 1.54) is 68.7 Å². The second kappa shape index (κ2) is 26.3. The third-order valence-corrected chi connectivity index (χ3v) is 11.0. The zero-order valence-electron chi connectivity index (χ0n) is 39.9. The second-order valence-electron chi connectivity index (χ2n) is 14.2. The summed E-state index contributed by atoms with van der Waals surface area (Å²) in [6.45, 7) is 3.73. The average Bonchev–Trinajstić information content (AvgIpc) is 3.87. The molecule has 0 unspecified atom stereocenters. The van der Waals surface area contributed by atoms with Crippen LogP contribution in [0.3, 0.4) is 0 Å². The number of rotatable bonds is 5. The van der Waals surface area contributed by atoms with Crippen molar-refractivity contribution in [1.29, 1.82) is 0 Å². The number of imidazole rings is 3. The van der Waals surface area contributed by atoms with Crippen molar-refractivity contribution in [2.45, 2.75) is 31.0 Å².